The standard InChI is InChI=1S/C18H18F3N3O4/c19-18(20,21)28-12-3-1-10(2-4-12)13-9-14(25)22-16-15(13)17(26)23-24(16)11-5-7-27-8-6-11/h1-4,11,13H,5-9H2,(H,22,25)(H,23,26). The van der Waals surface area contributed by atoms with Crippen LogP contribution >= 0.6 is 0 Å². The molecule has 10 heteroatoms. The van der Waals surface area contributed by atoms with E-state index in [0.717, 1.165) is 0 Å². The molecule has 3 heterocycles. The molecule has 0 radical (unpaired) electrons. The maximum absolute atomic E-state index is 12.6. The number of benzene rings is 1. The molecular formula is C18H18F3N3O4. The zero-order chi connectivity index (χ0) is 19.9. The highest BCUT2D eigenvalue weighted by Crippen LogP contribution is 2.38. The number of fused-ring (bicyclic) bond motifs is 1. The lowest BCUT2D eigenvalue weighted by Gasteiger charge is -2.28. The number of carbonyl (C=O) groups is 1. The summed E-state index contributed by atoms with van der Waals surface area (Å²) in [5, 5.41) is 5.57. The third-order valence-electron chi connectivity index (χ3n) is 5.03. The zero-order valence-corrected chi connectivity index (χ0v) is 14.7. The van der Waals surface area contributed by atoms with Crippen molar-refractivity contribution in [1.82, 2.24) is 9.78 Å². The lowest BCUT2D eigenvalue weighted by molar-refractivity contribution is -0.274. The van der Waals surface area contributed by atoms with Gasteiger partial charge in [0.2, 0.25) is 5.91 Å². The highest BCUT2D eigenvalue weighted by molar-refractivity contribution is 5.94. The molecule has 7 nitrogen and oxygen atoms in total. The SMILES string of the molecule is O=C1CC(c2ccc(OC(F)(F)F)cc2)c2c(n(C3CCOCC3)[nH]c2=O)N1. The second-order valence-electron chi connectivity index (χ2n) is 6.84. The number of ether oxygens (including phenoxy) is 2. The van der Waals surface area contributed by atoms with Crippen LogP contribution in [0.3, 0.4) is 0 Å². The topological polar surface area (TPSA) is 85.3 Å². The van der Waals surface area contributed by atoms with Crippen molar-refractivity contribution in [3.8, 4) is 5.75 Å². The molecule has 0 aliphatic carbocycles. The number of hydrogen-bond acceptors (Lipinski definition) is 4. The number of H-pyrrole nitrogens is 1. The monoisotopic (exact) mass is 397 g/mol. The van der Waals surface area contributed by atoms with Crippen LogP contribution in [0.1, 0.15) is 42.3 Å². The molecule has 4 rings (SSSR count). The van der Waals surface area contributed by atoms with Crippen molar-refractivity contribution in [2.45, 2.75) is 37.6 Å². The lowest BCUT2D eigenvalue weighted by Crippen LogP contribution is -2.28. The van der Waals surface area contributed by atoms with Gasteiger partial charge in [-0.15, -0.1) is 13.2 Å². The maximum atomic E-state index is 12.6. The van der Waals surface area contributed by atoms with E-state index < -0.39 is 12.3 Å². The highest BCUT2D eigenvalue weighted by atomic mass is 19.4. The number of aromatic nitrogens is 2. The number of nitrogens with one attached hydrogen (secondary N) is 2. The highest BCUT2D eigenvalue weighted by Gasteiger charge is 2.35. The molecular weight excluding hydrogens is 379 g/mol. The normalized spacial score (nSPS) is 20.5. The number of anilines is 1. The number of alkyl halides is 3. The van der Waals surface area contributed by atoms with E-state index in [1.807, 2.05) is 0 Å². The van der Waals surface area contributed by atoms with Gasteiger partial charge in [-0.05, 0) is 30.5 Å². The fourth-order valence-electron chi connectivity index (χ4n) is 3.79. The molecule has 2 aliphatic heterocycles. The van der Waals surface area contributed by atoms with Gasteiger partial charge < -0.3 is 14.8 Å². The maximum Gasteiger partial charge on any atom is 0.573 e. The van der Waals surface area contributed by atoms with Crippen LogP contribution in [0.25, 0.3) is 0 Å². The van der Waals surface area contributed by atoms with Gasteiger partial charge in [-0.2, -0.15) is 0 Å². The first-order chi connectivity index (χ1) is 13.3. The van der Waals surface area contributed by atoms with Gasteiger partial charge in [0.05, 0.1) is 11.6 Å². The molecule has 1 fully saturated rings. The zero-order valence-electron chi connectivity index (χ0n) is 14.7. The van der Waals surface area contributed by atoms with Crippen molar-refractivity contribution >= 4 is 11.7 Å². The summed E-state index contributed by atoms with van der Waals surface area (Å²) < 4.78 is 47.9. The second kappa shape index (κ2) is 7.01. The van der Waals surface area contributed by atoms with Crippen molar-refractivity contribution in [3.05, 3.63) is 45.7 Å². The minimum Gasteiger partial charge on any atom is -0.406 e. The van der Waals surface area contributed by atoms with Gasteiger partial charge in [0.15, 0.2) is 0 Å². The fraction of sp³-hybridized carbons (Fsp3) is 0.444. The van der Waals surface area contributed by atoms with Crippen molar-refractivity contribution in [1.29, 1.82) is 0 Å². The number of rotatable bonds is 3. The molecule has 1 unspecified atom stereocenters. The summed E-state index contributed by atoms with van der Waals surface area (Å²) in [4.78, 5) is 24.9. The van der Waals surface area contributed by atoms with Gasteiger partial charge in [-0.1, -0.05) is 12.1 Å². The summed E-state index contributed by atoms with van der Waals surface area (Å²) in [6.45, 7) is 1.13. The third kappa shape index (κ3) is 3.64. The van der Waals surface area contributed by atoms with Gasteiger partial charge >= 0.3 is 6.36 Å². The Morgan fingerprint density at radius 2 is 1.79 bits per heavy atom. The molecule has 2 N–H and O–H groups in total. The first kappa shape index (κ1) is 18.6. The summed E-state index contributed by atoms with van der Waals surface area (Å²) in [5.41, 5.74) is 0.665. The molecule has 0 saturated carbocycles. The minimum atomic E-state index is -4.78. The van der Waals surface area contributed by atoms with Gasteiger partial charge in [-0.3, -0.25) is 19.4 Å². The molecule has 0 spiro atoms. The van der Waals surface area contributed by atoms with E-state index in [1.54, 1.807) is 4.68 Å². The summed E-state index contributed by atoms with van der Waals surface area (Å²) in [5.74, 6) is -0.736. The Kier molecular flexibility index (Phi) is 4.66. The Balaban J connectivity index is 1.68. The number of carbonyl (C=O) groups excluding carboxylic acids is 1. The van der Waals surface area contributed by atoms with Gasteiger partial charge in [0.25, 0.3) is 5.56 Å². The number of amides is 1. The molecule has 1 aromatic carbocycles. The second-order valence-corrected chi connectivity index (χ2v) is 6.84. The Morgan fingerprint density at radius 3 is 2.43 bits per heavy atom. The quantitative estimate of drug-likeness (QED) is 0.834. The fourth-order valence-corrected chi connectivity index (χ4v) is 3.79. The molecule has 2 aliphatic rings. The van der Waals surface area contributed by atoms with E-state index in [9.17, 15) is 22.8 Å². The van der Waals surface area contributed by atoms with Gasteiger partial charge in [-0.25, -0.2) is 0 Å². The number of hydrogen-bond donors (Lipinski definition) is 2. The number of nitrogens with zero attached hydrogens (tertiary/aromatic N) is 1. The first-order valence-electron chi connectivity index (χ1n) is 8.89. The molecule has 150 valence electrons. The van der Waals surface area contributed by atoms with E-state index >= 15 is 0 Å². The first-order valence-corrected chi connectivity index (χ1v) is 8.89. The van der Waals surface area contributed by atoms with Crippen LogP contribution in [-0.2, 0) is 9.53 Å². The predicted molar refractivity (Wildman–Crippen MR) is 92.4 cm³/mol. The molecule has 2 aromatic rings. The lowest BCUT2D eigenvalue weighted by atomic mass is 9.87. The average molecular weight is 397 g/mol. The van der Waals surface area contributed by atoms with Crippen molar-refractivity contribution in [2.24, 2.45) is 0 Å². The summed E-state index contributed by atoms with van der Waals surface area (Å²) >= 11 is 0. The number of halogens is 3. The van der Waals surface area contributed by atoms with E-state index in [1.165, 1.54) is 24.3 Å². The van der Waals surface area contributed by atoms with Crippen LogP contribution in [0.2, 0.25) is 0 Å². The molecule has 1 saturated heterocycles. The van der Waals surface area contributed by atoms with E-state index in [0.29, 0.717) is 43.0 Å². The molecule has 28 heavy (non-hydrogen) atoms. The summed E-state index contributed by atoms with van der Waals surface area (Å²) in [7, 11) is 0. The largest absolute Gasteiger partial charge is 0.573 e. The Bertz CT molecular complexity index is 927. The smallest absolute Gasteiger partial charge is 0.406 e. The van der Waals surface area contributed by atoms with Gasteiger partial charge in [0, 0.05) is 25.6 Å². The van der Waals surface area contributed by atoms with Gasteiger partial charge in [0.1, 0.15) is 11.6 Å². The van der Waals surface area contributed by atoms with Crippen LogP contribution < -0.4 is 15.6 Å². The third-order valence-corrected chi connectivity index (χ3v) is 5.03. The van der Waals surface area contributed by atoms with Crippen molar-refractivity contribution < 1.29 is 27.4 Å². The predicted octanol–water partition coefficient (Wildman–Crippen LogP) is 2.90. The Labute approximate surface area is 157 Å². The Morgan fingerprint density at radius 1 is 1.11 bits per heavy atom. The summed E-state index contributed by atoms with van der Waals surface area (Å²) in [6, 6.07) is 5.25. The van der Waals surface area contributed by atoms with E-state index in [-0.39, 0.29) is 29.7 Å². The average Bonchev–Trinajstić information content (AvgIpc) is 2.98. The molecule has 1 amide bonds. The van der Waals surface area contributed by atoms with Crippen molar-refractivity contribution in [2.75, 3.05) is 18.5 Å². The van der Waals surface area contributed by atoms with E-state index in [4.69, 9.17) is 4.74 Å². The van der Waals surface area contributed by atoms with Crippen LogP contribution in [0, 0.1) is 0 Å². The molecule has 1 atom stereocenters. The van der Waals surface area contributed by atoms with Crippen LogP contribution in [0.4, 0.5) is 19.0 Å². The minimum absolute atomic E-state index is 0.00631. The van der Waals surface area contributed by atoms with Crippen LogP contribution in [-0.4, -0.2) is 35.3 Å². The van der Waals surface area contributed by atoms with Crippen molar-refractivity contribution in [3.63, 3.8) is 0 Å². The van der Waals surface area contributed by atoms with E-state index in [2.05, 4.69) is 15.2 Å². The van der Waals surface area contributed by atoms with Crippen LogP contribution in [0.15, 0.2) is 29.1 Å². The molecule has 1 aromatic heterocycles. The summed E-state index contributed by atoms with van der Waals surface area (Å²) in [6.07, 6.45) is -3.33. The number of aromatic amines is 1. The molecule has 0 bridgehead atoms. The van der Waals surface area contributed by atoms with Crippen LogP contribution in [0.5, 0.6) is 5.75 Å². The Hall–Kier alpha value is -2.75.